The molecule has 0 spiro atoms. The van der Waals surface area contributed by atoms with Gasteiger partial charge in [-0.05, 0) is 24.6 Å². The molecule has 0 aromatic heterocycles. The van der Waals surface area contributed by atoms with Crippen molar-refractivity contribution in [1.82, 2.24) is 4.90 Å². The van der Waals surface area contributed by atoms with Crippen LogP contribution < -0.4 is 0 Å². The second kappa shape index (κ2) is 4.61. The fraction of sp³-hybridized carbons (Fsp3) is 0.417. The number of aliphatic hydroxyl groups excluding tert-OH is 1. The molecule has 18 heavy (non-hydrogen) atoms. The second-order valence-electron chi connectivity index (χ2n) is 4.27. The summed E-state index contributed by atoms with van der Waals surface area (Å²) in [4.78, 5) is 13.3. The van der Waals surface area contributed by atoms with Crippen LogP contribution in [0.5, 0.6) is 0 Å². The molecule has 1 aliphatic heterocycles. The Balaban J connectivity index is 2.21. The van der Waals surface area contributed by atoms with Crippen LogP contribution in [0, 0.1) is 0 Å². The van der Waals surface area contributed by atoms with E-state index in [9.17, 15) is 23.1 Å². The molecule has 3 nitrogen and oxygen atoms in total. The number of nitrogens with zero attached hydrogens (tertiary/aromatic N) is 1. The molecule has 2 rings (SSSR count). The Morgan fingerprint density at radius 2 is 2.11 bits per heavy atom. The van der Waals surface area contributed by atoms with Crippen LogP contribution in [0.3, 0.4) is 0 Å². The van der Waals surface area contributed by atoms with E-state index in [0.29, 0.717) is 13.0 Å². The Bertz CT molecular complexity index is 459. The molecular formula is C12H12F3NO2. The molecule has 1 atom stereocenters. The molecule has 0 unspecified atom stereocenters. The van der Waals surface area contributed by atoms with Crippen LogP contribution >= 0.6 is 0 Å². The van der Waals surface area contributed by atoms with Gasteiger partial charge in [-0.3, -0.25) is 4.79 Å². The van der Waals surface area contributed by atoms with E-state index in [4.69, 9.17) is 0 Å². The van der Waals surface area contributed by atoms with Gasteiger partial charge in [-0.2, -0.15) is 13.2 Å². The Kier molecular flexibility index (Phi) is 3.30. The molecule has 0 bridgehead atoms. The summed E-state index contributed by atoms with van der Waals surface area (Å²) in [6.45, 7) is 0.547. The number of carbonyl (C=O) groups excluding carboxylic acids is 1. The van der Waals surface area contributed by atoms with Crippen LogP contribution in [-0.2, 0) is 6.18 Å². The Morgan fingerprint density at radius 1 is 1.39 bits per heavy atom. The van der Waals surface area contributed by atoms with Gasteiger partial charge < -0.3 is 10.0 Å². The highest BCUT2D eigenvalue weighted by molar-refractivity contribution is 5.94. The molecule has 1 aliphatic rings. The molecule has 0 saturated carbocycles. The van der Waals surface area contributed by atoms with E-state index in [1.807, 2.05) is 0 Å². The number of halogens is 3. The Hall–Kier alpha value is -1.56. The third-order valence-corrected chi connectivity index (χ3v) is 2.89. The summed E-state index contributed by atoms with van der Waals surface area (Å²) >= 11 is 0. The zero-order valence-electron chi connectivity index (χ0n) is 9.44. The summed E-state index contributed by atoms with van der Waals surface area (Å²) in [6.07, 6.45) is -4.58. The first kappa shape index (κ1) is 12.9. The average molecular weight is 259 g/mol. The lowest BCUT2D eigenvalue weighted by Gasteiger charge is -2.16. The van der Waals surface area contributed by atoms with Crippen LogP contribution in [-0.4, -0.2) is 35.1 Å². The number of benzene rings is 1. The largest absolute Gasteiger partial charge is 0.416 e. The van der Waals surface area contributed by atoms with Gasteiger partial charge in [-0.1, -0.05) is 6.07 Å². The summed E-state index contributed by atoms with van der Waals surface area (Å²) < 4.78 is 37.5. The van der Waals surface area contributed by atoms with E-state index >= 15 is 0 Å². The van der Waals surface area contributed by atoms with Gasteiger partial charge in [0.05, 0.1) is 11.7 Å². The molecule has 6 heteroatoms. The maximum Gasteiger partial charge on any atom is 0.416 e. The molecule has 1 aromatic carbocycles. The van der Waals surface area contributed by atoms with Gasteiger partial charge in [0.15, 0.2) is 0 Å². The lowest BCUT2D eigenvalue weighted by Crippen LogP contribution is -2.29. The Labute approximate surface area is 102 Å². The number of hydrogen-bond donors (Lipinski definition) is 1. The third-order valence-electron chi connectivity index (χ3n) is 2.89. The molecule has 0 radical (unpaired) electrons. The summed E-state index contributed by atoms with van der Waals surface area (Å²) in [6, 6.07) is 4.33. The highest BCUT2D eigenvalue weighted by Crippen LogP contribution is 2.30. The maximum atomic E-state index is 12.5. The zero-order valence-corrected chi connectivity index (χ0v) is 9.44. The first-order valence-electron chi connectivity index (χ1n) is 5.52. The van der Waals surface area contributed by atoms with E-state index in [1.54, 1.807) is 0 Å². The van der Waals surface area contributed by atoms with Crippen molar-refractivity contribution in [2.24, 2.45) is 0 Å². The number of likely N-dealkylation sites (tertiary alicyclic amines) is 1. The van der Waals surface area contributed by atoms with Crippen LogP contribution in [0.25, 0.3) is 0 Å². The second-order valence-corrected chi connectivity index (χ2v) is 4.27. The van der Waals surface area contributed by atoms with Crippen molar-refractivity contribution in [3.63, 3.8) is 0 Å². The fourth-order valence-corrected chi connectivity index (χ4v) is 1.94. The molecule has 1 N–H and O–H groups in total. The van der Waals surface area contributed by atoms with E-state index < -0.39 is 23.8 Å². The predicted molar refractivity (Wildman–Crippen MR) is 58.0 cm³/mol. The quantitative estimate of drug-likeness (QED) is 0.837. The number of amides is 1. The zero-order chi connectivity index (χ0) is 13.3. The molecule has 1 fully saturated rings. The first-order valence-corrected chi connectivity index (χ1v) is 5.52. The van der Waals surface area contributed by atoms with E-state index in [-0.39, 0.29) is 12.1 Å². The van der Waals surface area contributed by atoms with Crippen LogP contribution in [0.1, 0.15) is 22.3 Å². The molecule has 1 heterocycles. The molecular weight excluding hydrogens is 247 g/mol. The highest BCUT2D eigenvalue weighted by Gasteiger charge is 2.32. The van der Waals surface area contributed by atoms with E-state index in [2.05, 4.69) is 0 Å². The summed E-state index contributed by atoms with van der Waals surface area (Å²) in [5.74, 6) is -0.474. The lowest BCUT2D eigenvalue weighted by molar-refractivity contribution is -0.137. The number of hydrogen-bond acceptors (Lipinski definition) is 2. The van der Waals surface area contributed by atoms with Crippen LogP contribution in [0.15, 0.2) is 24.3 Å². The van der Waals surface area contributed by atoms with Crippen molar-refractivity contribution in [1.29, 1.82) is 0 Å². The Morgan fingerprint density at radius 3 is 2.67 bits per heavy atom. The van der Waals surface area contributed by atoms with Crippen molar-refractivity contribution in [2.75, 3.05) is 13.1 Å². The van der Waals surface area contributed by atoms with Crippen LogP contribution in [0.2, 0.25) is 0 Å². The lowest BCUT2D eigenvalue weighted by atomic mass is 10.1. The van der Waals surface area contributed by atoms with Crippen molar-refractivity contribution in [2.45, 2.75) is 18.7 Å². The van der Waals surface area contributed by atoms with E-state index in [1.165, 1.54) is 17.0 Å². The van der Waals surface area contributed by atoms with Gasteiger partial charge in [0.2, 0.25) is 0 Å². The number of carbonyl (C=O) groups is 1. The monoisotopic (exact) mass is 259 g/mol. The van der Waals surface area contributed by atoms with Crippen molar-refractivity contribution >= 4 is 5.91 Å². The topological polar surface area (TPSA) is 40.5 Å². The highest BCUT2D eigenvalue weighted by atomic mass is 19.4. The standard InChI is InChI=1S/C12H12F3NO2/c13-12(14,15)9-3-1-2-8(6-9)11(18)16-5-4-10(17)7-16/h1-3,6,10,17H,4-5,7H2/t10-/m0/s1. The normalized spacial score (nSPS) is 20.2. The van der Waals surface area contributed by atoms with Crippen molar-refractivity contribution in [3.05, 3.63) is 35.4 Å². The molecule has 1 amide bonds. The maximum absolute atomic E-state index is 12.5. The average Bonchev–Trinajstić information content (AvgIpc) is 2.74. The van der Waals surface area contributed by atoms with Gasteiger partial charge in [0.25, 0.3) is 5.91 Å². The minimum absolute atomic E-state index is 0.000995. The predicted octanol–water partition coefficient (Wildman–Crippen LogP) is 1.91. The number of alkyl halides is 3. The molecule has 0 aliphatic carbocycles. The van der Waals surface area contributed by atoms with Gasteiger partial charge in [0, 0.05) is 18.7 Å². The van der Waals surface area contributed by atoms with Gasteiger partial charge in [-0.25, -0.2) is 0 Å². The molecule has 1 aromatic rings. The number of aliphatic hydroxyl groups is 1. The molecule has 1 saturated heterocycles. The summed E-state index contributed by atoms with van der Waals surface area (Å²) in [7, 11) is 0. The SMILES string of the molecule is O=C(c1cccc(C(F)(F)F)c1)N1CC[C@H](O)C1. The number of β-amino-alcohol motifs (C(OH)–C–C–N with tert-alkyl or cyclic N) is 1. The van der Waals surface area contributed by atoms with Gasteiger partial charge >= 0.3 is 6.18 Å². The fourth-order valence-electron chi connectivity index (χ4n) is 1.94. The minimum atomic E-state index is -4.46. The summed E-state index contributed by atoms with van der Waals surface area (Å²) in [5.41, 5.74) is -0.841. The number of rotatable bonds is 1. The van der Waals surface area contributed by atoms with Crippen molar-refractivity contribution < 1.29 is 23.1 Å². The molecule has 98 valence electrons. The van der Waals surface area contributed by atoms with Crippen molar-refractivity contribution in [3.8, 4) is 0 Å². The first-order chi connectivity index (χ1) is 8.38. The van der Waals surface area contributed by atoms with Gasteiger partial charge in [-0.15, -0.1) is 0 Å². The van der Waals surface area contributed by atoms with Gasteiger partial charge in [0.1, 0.15) is 0 Å². The summed E-state index contributed by atoms with van der Waals surface area (Å²) in [5, 5.41) is 9.31. The van der Waals surface area contributed by atoms with E-state index in [0.717, 1.165) is 12.1 Å². The third kappa shape index (κ3) is 2.64. The smallest absolute Gasteiger partial charge is 0.391 e. The minimum Gasteiger partial charge on any atom is -0.391 e. The van der Waals surface area contributed by atoms with Crippen LogP contribution in [0.4, 0.5) is 13.2 Å².